The van der Waals surface area contributed by atoms with E-state index in [0.29, 0.717) is 5.82 Å². The maximum Gasteiger partial charge on any atom is 0.161 e. The summed E-state index contributed by atoms with van der Waals surface area (Å²) in [7, 11) is 0. The molecular formula is C52H36N2. The van der Waals surface area contributed by atoms with Gasteiger partial charge in [-0.25, -0.2) is 9.97 Å². The first-order valence-electron chi connectivity index (χ1n) is 18.6. The summed E-state index contributed by atoms with van der Waals surface area (Å²) < 4.78 is 0. The van der Waals surface area contributed by atoms with Gasteiger partial charge in [0.05, 0.1) is 11.4 Å². The van der Waals surface area contributed by atoms with Crippen LogP contribution in [0.2, 0.25) is 0 Å². The largest absolute Gasteiger partial charge is 0.228 e. The first-order chi connectivity index (χ1) is 26.7. The van der Waals surface area contributed by atoms with Crippen LogP contribution < -0.4 is 0 Å². The Morgan fingerprint density at radius 3 is 1.59 bits per heavy atom. The molecule has 0 spiro atoms. The second-order valence-corrected chi connectivity index (χ2v) is 14.2. The number of fused-ring (bicyclic) bond motifs is 4. The quantitative estimate of drug-likeness (QED) is 0.174. The van der Waals surface area contributed by atoms with Crippen LogP contribution in [0.15, 0.2) is 200 Å². The first kappa shape index (κ1) is 31.8. The topological polar surface area (TPSA) is 25.8 Å². The van der Waals surface area contributed by atoms with E-state index in [1.54, 1.807) is 0 Å². The lowest BCUT2D eigenvalue weighted by molar-refractivity contribution is 0.714. The lowest BCUT2D eigenvalue weighted by Gasteiger charge is -2.28. The summed E-state index contributed by atoms with van der Waals surface area (Å²) in [6, 6.07) is 71.6. The van der Waals surface area contributed by atoms with E-state index in [2.05, 4.69) is 201 Å². The second kappa shape index (κ2) is 12.9. The Hall–Kier alpha value is -6.90. The van der Waals surface area contributed by atoms with Crippen molar-refractivity contribution >= 4 is 10.8 Å². The van der Waals surface area contributed by atoms with E-state index in [1.165, 1.54) is 44.3 Å². The van der Waals surface area contributed by atoms with Crippen LogP contribution in [-0.2, 0) is 5.41 Å². The van der Waals surface area contributed by atoms with E-state index in [-0.39, 0.29) is 5.41 Å². The van der Waals surface area contributed by atoms with Gasteiger partial charge in [-0.05, 0) is 86.0 Å². The Morgan fingerprint density at radius 2 is 0.852 bits per heavy atom. The number of nitrogens with zero attached hydrogens (tertiary/aromatic N) is 2. The minimum atomic E-state index is -0.267. The van der Waals surface area contributed by atoms with Crippen LogP contribution >= 0.6 is 0 Å². The van der Waals surface area contributed by atoms with Crippen molar-refractivity contribution in [2.45, 2.75) is 12.3 Å². The fourth-order valence-electron chi connectivity index (χ4n) is 8.53. The molecule has 10 rings (SSSR count). The van der Waals surface area contributed by atoms with Gasteiger partial charge in [0.15, 0.2) is 5.82 Å². The molecule has 1 aromatic heterocycles. The van der Waals surface area contributed by atoms with Crippen LogP contribution in [0.3, 0.4) is 0 Å². The van der Waals surface area contributed by atoms with Gasteiger partial charge in [0.2, 0.25) is 0 Å². The molecule has 54 heavy (non-hydrogen) atoms. The molecule has 0 aliphatic heterocycles. The molecule has 1 unspecified atom stereocenters. The van der Waals surface area contributed by atoms with Crippen LogP contribution in [0.25, 0.3) is 78.1 Å². The van der Waals surface area contributed by atoms with Crippen molar-refractivity contribution in [1.82, 2.24) is 9.97 Å². The highest BCUT2D eigenvalue weighted by Gasteiger charge is 2.40. The Morgan fingerprint density at radius 1 is 0.333 bits per heavy atom. The van der Waals surface area contributed by atoms with Crippen LogP contribution in [0.4, 0.5) is 0 Å². The normalized spacial score (nSPS) is 14.5. The number of aromatic nitrogens is 2. The Balaban J connectivity index is 1.15. The molecule has 1 aliphatic carbocycles. The molecule has 0 N–H and O–H groups in total. The van der Waals surface area contributed by atoms with Crippen molar-refractivity contribution in [3.8, 4) is 67.3 Å². The summed E-state index contributed by atoms with van der Waals surface area (Å²) >= 11 is 0. The molecule has 1 heterocycles. The average Bonchev–Trinajstić information content (AvgIpc) is 3.52. The summed E-state index contributed by atoms with van der Waals surface area (Å²) in [6.45, 7) is 2.38. The first-order valence-corrected chi connectivity index (χ1v) is 18.6. The Bertz CT molecular complexity index is 2820. The van der Waals surface area contributed by atoms with Crippen molar-refractivity contribution in [3.05, 3.63) is 217 Å². The molecular weight excluding hydrogens is 653 g/mol. The minimum Gasteiger partial charge on any atom is -0.228 e. The van der Waals surface area contributed by atoms with Gasteiger partial charge in [0, 0.05) is 22.1 Å². The van der Waals surface area contributed by atoms with Crippen molar-refractivity contribution in [1.29, 1.82) is 0 Å². The molecule has 254 valence electrons. The highest BCUT2D eigenvalue weighted by molar-refractivity contribution is 6.05. The van der Waals surface area contributed by atoms with Crippen molar-refractivity contribution in [2.24, 2.45) is 0 Å². The van der Waals surface area contributed by atoms with Crippen LogP contribution in [-0.4, -0.2) is 9.97 Å². The fourth-order valence-corrected chi connectivity index (χ4v) is 8.53. The zero-order valence-electron chi connectivity index (χ0n) is 29.9. The van der Waals surface area contributed by atoms with E-state index < -0.39 is 0 Å². The third-order valence-corrected chi connectivity index (χ3v) is 11.2. The minimum absolute atomic E-state index is 0.267. The van der Waals surface area contributed by atoms with E-state index in [0.717, 1.165) is 44.6 Å². The van der Waals surface area contributed by atoms with Crippen LogP contribution in [0, 0.1) is 0 Å². The standard InChI is InChI=1S/C52H36N2/c1-52(38-21-9-4-10-22-38)47-28-16-15-26-43(47)44-30-29-37(33-48(44)52)40-31-32-46(42-25-13-12-24-41(40)42)51-53-49(36-19-7-3-8-20-36)34-50(54-51)45-27-14-11-23-39(45)35-17-5-2-6-18-35/h2-34H,1H3. The van der Waals surface area contributed by atoms with Gasteiger partial charge in [0.25, 0.3) is 0 Å². The van der Waals surface area contributed by atoms with Gasteiger partial charge < -0.3 is 0 Å². The third-order valence-electron chi connectivity index (χ3n) is 11.2. The molecule has 1 aliphatic rings. The molecule has 1 atom stereocenters. The van der Waals surface area contributed by atoms with Gasteiger partial charge in [0.1, 0.15) is 0 Å². The van der Waals surface area contributed by atoms with Crippen molar-refractivity contribution < 1.29 is 0 Å². The molecule has 2 heteroatoms. The number of hydrogen-bond acceptors (Lipinski definition) is 2. The Kier molecular flexibility index (Phi) is 7.63. The van der Waals surface area contributed by atoms with E-state index in [1.807, 2.05) is 6.07 Å². The molecule has 0 bridgehead atoms. The van der Waals surface area contributed by atoms with Gasteiger partial charge in [-0.1, -0.05) is 182 Å². The molecule has 9 aromatic rings. The Labute approximate surface area is 316 Å². The SMILES string of the molecule is CC1(c2ccccc2)c2ccccc2-c2ccc(-c3ccc(-c4nc(-c5ccccc5)cc(-c5ccccc5-c5ccccc5)n4)c4ccccc34)cc21. The lowest BCUT2D eigenvalue weighted by Crippen LogP contribution is -2.22. The maximum absolute atomic E-state index is 5.35. The number of rotatable bonds is 6. The average molecular weight is 689 g/mol. The summed E-state index contributed by atoms with van der Waals surface area (Å²) in [5, 5.41) is 2.30. The van der Waals surface area contributed by atoms with Gasteiger partial charge >= 0.3 is 0 Å². The highest BCUT2D eigenvalue weighted by atomic mass is 14.9. The summed E-state index contributed by atoms with van der Waals surface area (Å²) in [5.74, 6) is 0.707. The van der Waals surface area contributed by atoms with Gasteiger partial charge in [-0.15, -0.1) is 0 Å². The fraction of sp³-hybridized carbons (Fsp3) is 0.0385. The van der Waals surface area contributed by atoms with Gasteiger partial charge in [-0.2, -0.15) is 0 Å². The van der Waals surface area contributed by atoms with Crippen LogP contribution in [0.5, 0.6) is 0 Å². The zero-order valence-corrected chi connectivity index (χ0v) is 29.9. The zero-order chi connectivity index (χ0) is 36.1. The predicted molar refractivity (Wildman–Crippen MR) is 224 cm³/mol. The summed E-state index contributed by atoms with van der Waals surface area (Å²) in [6.07, 6.45) is 0. The number of hydrogen-bond donors (Lipinski definition) is 0. The molecule has 0 radical (unpaired) electrons. The molecule has 0 amide bonds. The van der Waals surface area contributed by atoms with E-state index in [9.17, 15) is 0 Å². The second-order valence-electron chi connectivity index (χ2n) is 14.2. The van der Waals surface area contributed by atoms with Crippen LogP contribution in [0.1, 0.15) is 23.6 Å². The van der Waals surface area contributed by atoms with E-state index in [4.69, 9.17) is 9.97 Å². The molecule has 0 saturated heterocycles. The third kappa shape index (κ3) is 5.18. The molecule has 0 saturated carbocycles. The molecule has 0 fully saturated rings. The highest BCUT2D eigenvalue weighted by Crippen LogP contribution is 2.53. The lowest BCUT2D eigenvalue weighted by atomic mass is 9.74. The van der Waals surface area contributed by atoms with Crippen molar-refractivity contribution in [2.75, 3.05) is 0 Å². The maximum atomic E-state index is 5.35. The predicted octanol–water partition coefficient (Wildman–Crippen LogP) is 13.3. The smallest absolute Gasteiger partial charge is 0.161 e. The summed E-state index contributed by atoms with van der Waals surface area (Å²) in [4.78, 5) is 10.6. The number of benzene rings is 8. The van der Waals surface area contributed by atoms with Gasteiger partial charge in [-0.3, -0.25) is 0 Å². The van der Waals surface area contributed by atoms with Crippen molar-refractivity contribution in [3.63, 3.8) is 0 Å². The molecule has 2 nitrogen and oxygen atoms in total. The van der Waals surface area contributed by atoms with E-state index >= 15 is 0 Å². The summed E-state index contributed by atoms with van der Waals surface area (Å²) in [5.41, 5.74) is 15.9. The molecule has 8 aromatic carbocycles. The monoisotopic (exact) mass is 688 g/mol.